The molecule has 4 aromatic rings. The highest BCUT2D eigenvalue weighted by Gasteiger charge is 2.36. The zero-order valence-electron chi connectivity index (χ0n) is 22.1. The molecule has 0 atom stereocenters. The van der Waals surface area contributed by atoms with Gasteiger partial charge in [0, 0.05) is 42.8 Å². The molecular formula is C28H27ClF3N5O2S. The van der Waals surface area contributed by atoms with Crippen LogP contribution < -0.4 is 4.90 Å². The highest BCUT2D eigenvalue weighted by atomic mass is 35.5. The van der Waals surface area contributed by atoms with Crippen LogP contribution in [0.25, 0.3) is 26.7 Å². The summed E-state index contributed by atoms with van der Waals surface area (Å²) in [6.45, 7) is 7.85. The Labute approximate surface area is 238 Å². The van der Waals surface area contributed by atoms with E-state index in [4.69, 9.17) is 16.3 Å². The molecule has 4 heterocycles. The van der Waals surface area contributed by atoms with Gasteiger partial charge in [-0.25, -0.2) is 14.5 Å². The number of rotatable bonds is 4. The molecule has 0 bridgehead atoms. The lowest BCUT2D eigenvalue weighted by atomic mass is 10.2. The number of piperazine rings is 1. The van der Waals surface area contributed by atoms with E-state index in [1.54, 1.807) is 41.4 Å². The van der Waals surface area contributed by atoms with Gasteiger partial charge < -0.3 is 14.5 Å². The van der Waals surface area contributed by atoms with Crippen LogP contribution in [0.3, 0.4) is 0 Å². The number of carbonyl (C=O) groups excluding carboxylic acids is 1. The molecule has 1 aliphatic heterocycles. The molecule has 0 aliphatic carbocycles. The number of alkyl halides is 3. The van der Waals surface area contributed by atoms with Crippen molar-refractivity contribution in [2.24, 2.45) is 0 Å². The summed E-state index contributed by atoms with van der Waals surface area (Å²) in [7, 11) is 0. The fourth-order valence-electron chi connectivity index (χ4n) is 4.30. The number of halogens is 4. The van der Waals surface area contributed by atoms with Crippen LogP contribution in [0, 0.1) is 0 Å². The molecule has 210 valence electrons. The Morgan fingerprint density at radius 2 is 1.68 bits per heavy atom. The van der Waals surface area contributed by atoms with E-state index in [1.165, 1.54) is 16.0 Å². The van der Waals surface area contributed by atoms with Crippen molar-refractivity contribution in [2.45, 2.75) is 32.5 Å². The Morgan fingerprint density at radius 1 is 0.975 bits per heavy atom. The predicted octanol–water partition coefficient (Wildman–Crippen LogP) is 7.39. The quantitative estimate of drug-likeness (QED) is 0.248. The lowest BCUT2D eigenvalue weighted by Gasteiger charge is -2.36. The number of ether oxygens (including phenoxy) is 1. The molecule has 1 amide bonds. The highest BCUT2D eigenvalue weighted by Crippen LogP contribution is 2.39. The molecule has 0 N–H and O–H groups in total. The number of aromatic nitrogens is 3. The van der Waals surface area contributed by atoms with Crippen LogP contribution in [-0.2, 0) is 10.9 Å². The number of para-hydroxylation sites is 1. The summed E-state index contributed by atoms with van der Waals surface area (Å²) in [4.78, 5) is 22.2. The normalized spacial score (nSPS) is 14.5. The molecule has 0 unspecified atom stereocenters. The zero-order valence-corrected chi connectivity index (χ0v) is 23.6. The van der Waals surface area contributed by atoms with Crippen molar-refractivity contribution in [3.05, 3.63) is 71.5 Å². The second-order valence-electron chi connectivity index (χ2n) is 10.3. The smallest absolute Gasteiger partial charge is 0.435 e. The standard InChI is InChI=1S/C28H27ClF3N5O2S/c1-27(2,3)39-26(38)36-14-12-35(13-15-36)25-11-8-18(17-33-25)22-9-10-23(40-22)21-16-24(28(30,31)32)34-37(21)20-7-5-4-6-19(20)29/h4-11,16-17H,12-15H2,1-3H3. The number of benzene rings is 1. The van der Waals surface area contributed by atoms with E-state index in [1.807, 2.05) is 39.0 Å². The summed E-state index contributed by atoms with van der Waals surface area (Å²) in [6.07, 6.45) is -3.17. The topological polar surface area (TPSA) is 63.5 Å². The molecule has 1 aromatic carbocycles. The third kappa shape index (κ3) is 6.10. The first-order valence-corrected chi connectivity index (χ1v) is 13.8. The Bertz CT molecular complexity index is 1500. The maximum atomic E-state index is 13.6. The molecule has 1 fully saturated rings. The maximum Gasteiger partial charge on any atom is 0.435 e. The second kappa shape index (κ2) is 10.8. The van der Waals surface area contributed by atoms with Crippen molar-refractivity contribution < 1.29 is 22.7 Å². The Morgan fingerprint density at radius 3 is 2.30 bits per heavy atom. The van der Waals surface area contributed by atoms with Gasteiger partial charge in [-0.3, -0.25) is 0 Å². The molecule has 5 rings (SSSR count). The minimum absolute atomic E-state index is 0.295. The first-order chi connectivity index (χ1) is 18.9. The van der Waals surface area contributed by atoms with E-state index in [0.717, 1.165) is 22.3 Å². The lowest BCUT2D eigenvalue weighted by Crippen LogP contribution is -2.50. The first-order valence-electron chi connectivity index (χ1n) is 12.6. The summed E-state index contributed by atoms with van der Waals surface area (Å²) >= 11 is 7.64. The number of hydrogen-bond donors (Lipinski definition) is 0. The Hall–Kier alpha value is -3.57. The molecule has 40 heavy (non-hydrogen) atoms. The number of anilines is 1. The molecule has 7 nitrogen and oxygen atoms in total. The summed E-state index contributed by atoms with van der Waals surface area (Å²) < 4.78 is 47.4. The van der Waals surface area contributed by atoms with Crippen molar-refractivity contribution in [3.8, 4) is 26.7 Å². The molecule has 1 aliphatic rings. The van der Waals surface area contributed by atoms with Crippen molar-refractivity contribution in [3.63, 3.8) is 0 Å². The van der Waals surface area contributed by atoms with Gasteiger partial charge in [0.25, 0.3) is 0 Å². The third-order valence-electron chi connectivity index (χ3n) is 6.23. The van der Waals surface area contributed by atoms with E-state index in [9.17, 15) is 18.0 Å². The van der Waals surface area contributed by atoms with Gasteiger partial charge in [0.1, 0.15) is 11.4 Å². The van der Waals surface area contributed by atoms with Gasteiger partial charge in [-0.05, 0) is 63.2 Å². The van der Waals surface area contributed by atoms with Crippen molar-refractivity contribution in [1.29, 1.82) is 0 Å². The van der Waals surface area contributed by atoms with Gasteiger partial charge >= 0.3 is 12.3 Å². The van der Waals surface area contributed by atoms with Crippen LogP contribution in [0.1, 0.15) is 26.5 Å². The number of thiophene rings is 1. The highest BCUT2D eigenvalue weighted by molar-refractivity contribution is 7.18. The van der Waals surface area contributed by atoms with Crippen LogP contribution in [-0.4, -0.2) is 57.5 Å². The largest absolute Gasteiger partial charge is 0.444 e. The van der Waals surface area contributed by atoms with Crippen LogP contribution in [0.5, 0.6) is 0 Å². The minimum atomic E-state index is -4.60. The van der Waals surface area contributed by atoms with Gasteiger partial charge in [0.05, 0.1) is 21.3 Å². The molecule has 1 saturated heterocycles. The summed E-state index contributed by atoms with van der Waals surface area (Å²) in [6, 6.07) is 15.2. The number of pyridine rings is 1. The van der Waals surface area contributed by atoms with E-state index in [-0.39, 0.29) is 6.09 Å². The van der Waals surface area contributed by atoms with E-state index in [2.05, 4.69) is 15.0 Å². The average molecular weight is 590 g/mol. The maximum absolute atomic E-state index is 13.6. The molecule has 0 radical (unpaired) electrons. The molecule has 12 heteroatoms. The zero-order chi connectivity index (χ0) is 28.7. The third-order valence-corrected chi connectivity index (χ3v) is 7.70. The van der Waals surface area contributed by atoms with Gasteiger partial charge in [0.15, 0.2) is 5.69 Å². The number of carbonyl (C=O) groups is 1. The van der Waals surface area contributed by atoms with Crippen LogP contribution in [0.4, 0.5) is 23.8 Å². The SMILES string of the molecule is CC(C)(C)OC(=O)N1CCN(c2ccc(-c3ccc(-c4cc(C(F)(F)F)nn4-c4ccccc4Cl)s3)cn2)CC1. The van der Waals surface area contributed by atoms with Crippen LogP contribution in [0.2, 0.25) is 5.02 Å². The van der Waals surface area contributed by atoms with E-state index < -0.39 is 17.5 Å². The molecule has 3 aromatic heterocycles. The Kier molecular flexibility index (Phi) is 7.54. The number of amides is 1. The van der Waals surface area contributed by atoms with E-state index in [0.29, 0.717) is 47.5 Å². The molecule has 0 spiro atoms. The monoisotopic (exact) mass is 589 g/mol. The van der Waals surface area contributed by atoms with Gasteiger partial charge in [-0.1, -0.05) is 23.7 Å². The fourth-order valence-corrected chi connectivity index (χ4v) is 5.51. The van der Waals surface area contributed by atoms with Crippen molar-refractivity contribution in [1.82, 2.24) is 19.7 Å². The molecular weight excluding hydrogens is 563 g/mol. The van der Waals surface area contributed by atoms with Crippen molar-refractivity contribution >= 4 is 34.8 Å². The van der Waals surface area contributed by atoms with Crippen molar-refractivity contribution in [2.75, 3.05) is 31.1 Å². The average Bonchev–Trinajstić information content (AvgIpc) is 3.56. The Balaban J connectivity index is 1.33. The minimum Gasteiger partial charge on any atom is -0.444 e. The first kappa shape index (κ1) is 28.0. The fraction of sp³-hybridized carbons (Fsp3) is 0.321. The molecule has 0 saturated carbocycles. The van der Waals surface area contributed by atoms with Gasteiger partial charge in [-0.2, -0.15) is 18.3 Å². The number of hydrogen-bond acceptors (Lipinski definition) is 6. The van der Waals surface area contributed by atoms with E-state index >= 15 is 0 Å². The van der Waals surface area contributed by atoms with Gasteiger partial charge in [-0.15, -0.1) is 11.3 Å². The summed E-state index contributed by atoms with van der Waals surface area (Å²) in [5, 5.41) is 4.13. The second-order valence-corrected chi connectivity index (χ2v) is 11.8. The van der Waals surface area contributed by atoms with Gasteiger partial charge in [0.2, 0.25) is 0 Å². The predicted molar refractivity (Wildman–Crippen MR) is 150 cm³/mol. The summed E-state index contributed by atoms with van der Waals surface area (Å²) in [5.74, 6) is 0.788. The van der Waals surface area contributed by atoms with Crippen LogP contribution >= 0.6 is 22.9 Å². The summed E-state index contributed by atoms with van der Waals surface area (Å²) in [5.41, 5.74) is -0.0313. The van der Waals surface area contributed by atoms with Crippen LogP contribution in [0.15, 0.2) is 60.8 Å². The lowest BCUT2D eigenvalue weighted by molar-refractivity contribution is -0.141. The number of nitrogens with zero attached hydrogens (tertiary/aromatic N) is 5.